The molecule has 112 valence electrons. The number of carbonyl (C=O) groups is 1. The molecule has 1 aliphatic rings. The minimum atomic E-state index is -0.0333. The van der Waals surface area contributed by atoms with Gasteiger partial charge >= 0.3 is 0 Å². The van der Waals surface area contributed by atoms with Crippen molar-refractivity contribution in [2.75, 3.05) is 18.4 Å². The molecule has 0 spiro atoms. The summed E-state index contributed by atoms with van der Waals surface area (Å²) in [7, 11) is 1.83. The maximum atomic E-state index is 12.1. The molecule has 1 aromatic rings. The highest BCUT2D eigenvalue weighted by Gasteiger charge is 2.23. The average Bonchev–Trinajstić information content (AvgIpc) is 2.80. The van der Waals surface area contributed by atoms with Crippen LogP contribution in [0.1, 0.15) is 45.4 Å². The molecule has 1 atom stereocenters. The molecular formula is C14H25N5O. The molecule has 1 aromatic heterocycles. The third-order valence-electron chi connectivity index (χ3n) is 4.13. The molecule has 1 saturated heterocycles. The molecule has 6 nitrogen and oxygen atoms in total. The van der Waals surface area contributed by atoms with Gasteiger partial charge in [-0.2, -0.15) is 10.1 Å². The number of aryl methyl sites for hydroxylation is 1. The van der Waals surface area contributed by atoms with Crippen LogP contribution >= 0.6 is 0 Å². The minimum absolute atomic E-state index is 0.00682. The second-order valence-corrected chi connectivity index (χ2v) is 5.96. The van der Waals surface area contributed by atoms with Crippen LogP contribution in [0.5, 0.6) is 0 Å². The van der Waals surface area contributed by atoms with Gasteiger partial charge in [0, 0.05) is 18.9 Å². The second-order valence-electron chi connectivity index (χ2n) is 5.96. The predicted molar refractivity (Wildman–Crippen MR) is 78.5 cm³/mol. The number of hydrogen-bond acceptors (Lipinski definition) is 4. The molecule has 0 aromatic carbocycles. The second kappa shape index (κ2) is 6.35. The van der Waals surface area contributed by atoms with Crippen LogP contribution in [0.3, 0.4) is 0 Å². The van der Waals surface area contributed by atoms with Crippen LogP contribution in [0.2, 0.25) is 0 Å². The Morgan fingerprint density at radius 1 is 1.35 bits per heavy atom. The van der Waals surface area contributed by atoms with E-state index in [1.165, 1.54) is 0 Å². The molecule has 1 fully saturated rings. The number of nitrogens with zero attached hydrogens (tertiary/aromatic N) is 3. The van der Waals surface area contributed by atoms with E-state index in [0.717, 1.165) is 31.8 Å². The van der Waals surface area contributed by atoms with Crippen LogP contribution in [-0.4, -0.2) is 33.8 Å². The van der Waals surface area contributed by atoms with Gasteiger partial charge < -0.3 is 5.32 Å². The molecule has 1 aliphatic heterocycles. The molecule has 6 heteroatoms. The van der Waals surface area contributed by atoms with Gasteiger partial charge in [0.2, 0.25) is 11.9 Å². The molecule has 2 rings (SSSR count). The van der Waals surface area contributed by atoms with Gasteiger partial charge in [-0.05, 0) is 31.8 Å². The van der Waals surface area contributed by atoms with Crippen molar-refractivity contribution in [1.29, 1.82) is 0 Å². The molecule has 0 saturated carbocycles. The summed E-state index contributed by atoms with van der Waals surface area (Å²) < 4.78 is 1.67. The van der Waals surface area contributed by atoms with Gasteiger partial charge in [0.15, 0.2) is 5.82 Å². The van der Waals surface area contributed by atoms with Crippen molar-refractivity contribution in [3.63, 3.8) is 0 Å². The zero-order valence-electron chi connectivity index (χ0n) is 12.8. The molecule has 0 bridgehead atoms. The molecular weight excluding hydrogens is 254 g/mol. The average molecular weight is 279 g/mol. The van der Waals surface area contributed by atoms with Crippen molar-refractivity contribution in [3.8, 4) is 0 Å². The smallest absolute Gasteiger partial charge is 0.229 e. The third kappa shape index (κ3) is 3.36. The van der Waals surface area contributed by atoms with Crippen LogP contribution in [0, 0.1) is 11.8 Å². The lowest BCUT2D eigenvalue weighted by Crippen LogP contribution is -2.27. The van der Waals surface area contributed by atoms with E-state index in [4.69, 9.17) is 0 Å². The number of hydrogen-bond donors (Lipinski definition) is 2. The van der Waals surface area contributed by atoms with Crippen LogP contribution in [0.25, 0.3) is 0 Å². The van der Waals surface area contributed by atoms with Gasteiger partial charge in [-0.3, -0.25) is 10.1 Å². The van der Waals surface area contributed by atoms with Gasteiger partial charge in [-0.15, -0.1) is 0 Å². The van der Waals surface area contributed by atoms with E-state index in [1.54, 1.807) is 4.68 Å². The van der Waals surface area contributed by atoms with Gasteiger partial charge in [-0.1, -0.05) is 20.8 Å². The summed E-state index contributed by atoms with van der Waals surface area (Å²) in [4.78, 5) is 16.6. The Morgan fingerprint density at radius 2 is 2.00 bits per heavy atom. The molecule has 20 heavy (non-hydrogen) atoms. The topological polar surface area (TPSA) is 71.8 Å². The van der Waals surface area contributed by atoms with E-state index in [1.807, 2.05) is 27.8 Å². The van der Waals surface area contributed by atoms with E-state index in [-0.39, 0.29) is 11.8 Å². The van der Waals surface area contributed by atoms with Crippen LogP contribution in [-0.2, 0) is 11.8 Å². The Morgan fingerprint density at radius 3 is 2.60 bits per heavy atom. The Hall–Kier alpha value is -1.43. The summed E-state index contributed by atoms with van der Waals surface area (Å²) in [5.74, 6) is 2.08. The number of carbonyl (C=O) groups excluding carboxylic acids is 1. The van der Waals surface area contributed by atoms with Crippen molar-refractivity contribution in [2.24, 2.45) is 18.9 Å². The normalized spacial score (nSPS) is 18.2. The fraction of sp³-hybridized carbons (Fsp3) is 0.786. The van der Waals surface area contributed by atoms with E-state index in [9.17, 15) is 4.79 Å². The number of rotatable bonds is 4. The minimum Gasteiger partial charge on any atom is -0.317 e. The number of aromatic nitrogens is 3. The van der Waals surface area contributed by atoms with E-state index >= 15 is 0 Å². The zero-order chi connectivity index (χ0) is 14.7. The fourth-order valence-corrected chi connectivity index (χ4v) is 2.29. The van der Waals surface area contributed by atoms with Crippen molar-refractivity contribution in [3.05, 3.63) is 5.82 Å². The first-order valence-corrected chi connectivity index (χ1v) is 7.41. The maximum Gasteiger partial charge on any atom is 0.229 e. The molecule has 1 unspecified atom stereocenters. The number of nitrogens with one attached hydrogen (secondary N) is 2. The molecule has 2 heterocycles. The summed E-state index contributed by atoms with van der Waals surface area (Å²) in [6, 6.07) is 0. The Balaban J connectivity index is 2.05. The molecule has 2 N–H and O–H groups in total. The highest BCUT2D eigenvalue weighted by atomic mass is 16.2. The van der Waals surface area contributed by atoms with Crippen LogP contribution in [0.4, 0.5) is 5.95 Å². The van der Waals surface area contributed by atoms with Crippen molar-refractivity contribution < 1.29 is 4.79 Å². The molecule has 1 amide bonds. The Labute approximate surface area is 120 Å². The monoisotopic (exact) mass is 279 g/mol. The lowest BCUT2D eigenvalue weighted by molar-refractivity contribution is -0.120. The Kier molecular flexibility index (Phi) is 4.75. The molecule has 0 radical (unpaired) electrons. The first kappa shape index (κ1) is 15.0. The van der Waals surface area contributed by atoms with E-state index in [2.05, 4.69) is 20.7 Å². The summed E-state index contributed by atoms with van der Waals surface area (Å²) in [5.41, 5.74) is 0. The van der Waals surface area contributed by atoms with Gasteiger partial charge in [-0.25, -0.2) is 4.68 Å². The number of anilines is 1. The van der Waals surface area contributed by atoms with Gasteiger partial charge in [0.1, 0.15) is 0 Å². The summed E-state index contributed by atoms with van der Waals surface area (Å²) in [6.45, 7) is 8.04. The summed E-state index contributed by atoms with van der Waals surface area (Å²) in [5, 5.41) is 10.7. The van der Waals surface area contributed by atoms with Crippen molar-refractivity contribution in [2.45, 2.75) is 39.5 Å². The standard InChI is InChI=1S/C14H25N5O/c1-9(2)10(3)13(20)17-14-16-12(18-19(14)4)11-5-7-15-8-6-11/h9-11,15H,5-8H2,1-4H3,(H,16,17,18,20). The van der Waals surface area contributed by atoms with Crippen molar-refractivity contribution in [1.82, 2.24) is 20.1 Å². The van der Waals surface area contributed by atoms with Crippen molar-refractivity contribution >= 4 is 11.9 Å². The van der Waals surface area contributed by atoms with Crippen LogP contribution < -0.4 is 10.6 Å². The fourth-order valence-electron chi connectivity index (χ4n) is 2.29. The largest absolute Gasteiger partial charge is 0.317 e. The molecule has 0 aliphatic carbocycles. The first-order chi connectivity index (χ1) is 9.49. The lowest BCUT2D eigenvalue weighted by atomic mass is 9.97. The predicted octanol–water partition coefficient (Wildman–Crippen LogP) is 1.51. The first-order valence-electron chi connectivity index (χ1n) is 7.41. The highest BCUT2D eigenvalue weighted by molar-refractivity contribution is 5.90. The number of piperidine rings is 1. The van der Waals surface area contributed by atoms with E-state index in [0.29, 0.717) is 17.8 Å². The third-order valence-corrected chi connectivity index (χ3v) is 4.13. The summed E-state index contributed by atoms with van der Waals surface area (Å²) in [6.07, 6.45) is 2.11. The Bertz CT molecular complexity index is 462. The van der Waals surface area contributed by atoms with Gasteiger partial charge in [0.05, 0.1) is 0 Å². The maximum absolute atomic E-state index is 12.1. The quantitative estimate of drug-likeness (QED) is 0.876. The SMILES string of the molecule is CC(C)C(C)C(=O)Nc1nc(C2CCNCC2)nn1C. The lowest BCUT2D eigenvalue weighted by Gasteiger charge is -2.19. The highest BCUT2D eigenvalue weighted by Crippen LogP contribution is 2.23. The zero-order valence-corrected chi connectivity index (χ0v) is 12.8. The van der Waals surface area contributed by atoms with Crippen LogP contribution in [0.15, 0.2) is 0 Å². The van der Waals surface area contributed by atoms with E-state index < -0.39 is 0 Å². The number of amides is 1. The van der Waals surface area contributed by atoms with Gasteiger partial charge in [0.25, 0.3) is 0 Å². The summed E-state index contributed by atoms with van der Waals surface area (Å²) >= 11 is 0.